The van der Waals surface area contributed by atoms with Gasteiger partial charge in [-0.25, -0.2) is 4.68 Å². The molecule has 0 spiro atoms. The maximum absolute atomic E-state index is 12.1. The lowest BCUT2D eigenvalue weighted by atomic mass is 10.2. The number of anilines is 1. The summed E-state index contributed by atoms with van der Waals surface area (Å²) in [5.74, 6) is 0.387. The van der Waals surface area contributed by atoms with Crippen LogP contribution in [-0.2, 0) is 6.54 Å². The van der Waals surface area contributed by atoms with Crippen LogP contribution >= 0.6 is 15.9 Å². The van der Waals surface area contributed by atoms with Gasteiger partial charge in [-0.15, -0.1) is 0 Å². The highest BCUT2D eigenvalue weighted by molar-refractivity contribution is 9.10. The third-order valence-corrected chi connectivity index (χ3v) is 3.69. The molecule has 20 heavy (non-hydrogen) atoms. The quantitative estimate of drug-likeness (QED) is 0.675. The Morgan fingerprint density at radius 1 is 1.35 bits per heavy atom. The molecule has 114 valence electrons. The summed E-state index contributed by atoms with van der Waals surface area (Å²) in [6.07, 6.45) is 5.68. The zero-order chi connectivity index (χ0) is 15.0. The number of hydrogen-bond acceptors (Lipinski definition) is 4. The molecule has 0 saturated carbocycles. The largest absolute Gasteiger partial charge is 0.396 e. The number of aliphatic hydroxyl groups excluding tert-OH is 1. The second kappa shape index (κ2) is 9.13. The number of nitrogens with one attached hydrogen (secondary N) is 1. The lowest BCUT2D eigenvalue weighted by Crippen LogP contribution is -2.26. The molecule has 0 aromatic carbocycles. The van der Waals surface area contributed by atoms with E-state index in [1.54, 1.807) is 6.20 Å². The van der Waals surface area contributed by atoms with Gasteiger partial charge in [0.15, 0.2) is 0 Å². The van der Waals surface area contributed by atoms with Crippen molar-refractivity contribution < 1.29 is 5.11 Å². The van der Waals surface area contributed by atoms with E-state index in [0.29, 0.717) is 16.9 Å². The van der Waals surface area contributed by atoms with Crippen LogP contribution in [0.25, 0.3) is 0 Å². The van der Waals surface area contributed by atoms with Gasteiger partial charge in [-0.05, 0) is 34.7 Å². The van der Waals surface area contributed by atoms with Gasteiger partial charge in [0, 0.05) is 19.7 Å². The van der Waals surface area contributed by atoms with Crippen molar-refractivity contribution in [3.05, 3.63) is 21.0 Å². The third kappa shape index (κ3) is 5.63. The third-order valence-electron chi connectivity index (χ3n) is 2.92. The van der Waals surface area contributed by atoms with Gasteiger partial charge in [0.05, 0.1) is 11.9 Å². The van der Waals surface area contributed by atoms with Crippen molar-refractivity contribution in [2.24, 2.45) is 5.92 Å². The summed E-state index contributed by atoms with van der Waals surface area (Å²) >= 11 is 3.35. The molecular formula is C14H24BrN3O2. The predicted octanol–water partition coefficient (Wildman–Crippen LogP) is 2.63. The normalized spacial score (nSPS) is 11.1. The molecule has 1 aromatic heterocycles. The fraction of sp³-hybridized carbons (Fsp3) is 0.714. The monoisotopic (exact) mass is 345 g/mol. The minimum atomic E-state index is -0.0935. The summed E-state index contributed by atoms with van der Waals surface area (Å²) in [5, 5.41) is 16.1. The number of hydrogen-bond donors (Lipinski definition) is 2. The van der Waals surface area contributed by atoms with Crippen LogP contribution in [0.5, 0.6) is 0 Å². The maximum Gasteiger partial charge on any atom is 0.283 e. The van der Waals surface area contributed by atoms with Crippen molar-refractivity contribution in [3.8, 4) is 0 Å². The molecule has 0 aliphatic heterocycles. The molecule has 0 amide bonds. The van der Waals surface area contributed by atoms with Crippen molar-refractivity contribution in [2.75, 3.05) is 18.5 Å². The zero-order valence-corrected chi connectivity index (χ0v) is 13.8. The molecule has 0 saturated heterocycles. The van der Waals surface area contributed by atoms with E-state index in [4.69, 9.17) is 5.11 Å². The van der Waals surface area contributed by atoms with E-state index in [0.717, 1.165) is 37.9 Å². The molecule has 0 fully saturated rings. The molecule has 0 radical (unpaired) electrons. The lowest BCUT2D eigenvalue weighted by molar-refractivity contribution is 0.283. The molecular weight excluding hydrogens is 322 g/mol. The molecule has 0 aliphatic carbocycles. The molecule has 1 aromatic rings. The number of nitrogens with zero attached hydrogens (tertiary/aromatic N) is 2. The Bertz CT molecular complexity index is 460. The Balaban J connectivity index is 2.51. The molecule has 0 aliphatic rings. The highest BCUT2D eigenvalue weighted by Gasteiger charge is 2.09. The molecule has 1 rings (SSSR count). The first kappa shape index (κ1) is 17.2. The van der Waals surface area contributed by atoms with Crippen molar-refractivity contribution in [1.82, 2.24) is 9.78 Å². The van der Waals surface area contributed by atoms with Gasteiger partial charge in [0.25, 0.3) is 5.56 Å². The summed E-state index contributed by atoms with van der Waals surface area (Å²) in [6.45, 7) is 5.80. The Kier molecular flexibility index (Phi) is 7.84. The first-order valence-corrected chi connectivity index (χ1v) is 7.96. The smallest absolute Gasteiger partial charge is 0.283 e. The number of aromatic nitrogens is 2. The number of halogens is 1. The Morgan fingerprint density at radius 3 is 2.70 bits per heavy atom. The predicted molar refractivity (Wildman–Crippen MR) is 85.1 cm³/mol. The molecule has 5 nitrogen and oxygen atoms in total. The van der Waals surface area contributed by atoms with Gasteiger partial charge in [0.1, 0.15) is 4.47 Å². The van der Waals surface area contributed by atoms with Gasteiger partial charge in [-0.3, -0.25) is 4.79 Å². The fourth-order valence-corrected chi connectivity index (χ4v) is 2.32. The minimum absolute atomic E-state index is 0.0935. The lowest BCUT2D eigenvalue weighted by Gasteiger charge is -2.11. The van der Waals surface area contributed by atoms with Gasteiger partial charge < -0.3 is 10.4 Å². The van der Waals surface area contributed by atoms with E-state index in [-0.39, 0.29) is 12.2 Å². The van der Waals surface area contributed by atoms with Crippen molar-refractivity contribution in [3.63, 3.8) is 0 Å². The van der Waals surface area contributed by atoms with Gasteiger partial charge in [-0.2, -0.15) is 5.10 Å². The average molecular weight is 346 g/mol. The highest BCUT2D eigenvalue weighted by atomic mass is 79.9. The Morgan fingerprint density at radius 2 is 2.05 bits per heavy atom. The van der Waals surface area contributed by atoms with E-state index in [9.17, 15) is 4.79 Å². The fourth-order valence-electron chi connectivity index (χ4n) is 1.88. The molecule has 0 unspecified atom stereocenters. The van der Waals surface area contributed by atoms with Crippen molar-refractivity contribution >= 4 is 21.6 Å². The van der Waals surface area contributed by atoms with E-state index in [2.05, 4.69) is 40.2 Å². The molecule has 0 atom stereocenters. The van der Waals surface area contributed by atoms with E-state index >= 15 is 0 Å². The Hall–Kier alpha value is -0.880. The van der Waals surface area contributed by atoms with Crippen molar-refractivity contribution in [2.45, 2.75) is 46.1 Å². The first-order chi connectivity index (χ1) is 9.56. The minimum Gasteiger partial charge on any atom is -0.396 e. The van der Waals surface area contributed by atoms with Crippen LogP contribution in [0.1, 0.15) is 39.5 Å². The topological polar surface area (TPSA) is 67.2 Å². The molecule has 2 N–H and O–H groups in total. The average Bonchev–Trinajstić information content (AvgIpc) is 2.41. The van der Waals surface area contributed by atoms with Crippen LogP contribution in [0.15, 0.2) is 15.5 Å². The second-order valence-corrected chi connectivity index (χ2v) is 6.11. The SMILES string of the molecule is CC(C)Cn1ncc(NCCCCCCO)c(Br)c1=O. The van der Waals surface area contributed by atoms with Crippen LogP contribution in [0.2, 0.25) is 0 Å². The Labute approximate surface area is 128 Å². The zero-order valence-electron chi connectivity index (χ0n) is 12.2. The van der Waals surface area contributed by atoms with Gasteiger partial charge >= 0.3 is 0 Å². The summed E-state index contributed by atoms with van der Waals surface area (Å²) < 4.78 is 2.03. The van der Waals surface area contributed by atoms with E-state index in [1.165, 1.54) is 4.68 Å². The number of unbranched alkanes of at least 4 members (excludes halogenated alkanes) is 3. The van der Waals surface area contributed by atoms with Crippen molar-refractivity contribution in [1.29, 1.82) is 0 Å². The first-order valence-electron chi connectivity index (χ1n) is 7.16. The van der Waals surface area contributed by atoms with Crippen LogP contribution < -0.4 is 10.9 Å². The maximum atomic E-state index is 12.1. The summed E-state index contributed by atoms with van der Waals surface area (Å²) in [4.78, 5) is 12.1. The highest BCUT2D eigenvalue weighted by Crippen LogP contribution is 2.16. The second-order valence-electron chi connectivity index (χ2n) is 5.32. The molecule has 0 bridgehead atoms. The summed E-state index contributed by atoms with van der Waals surface area (Å²) in [5.41, 5.74) is 0.654. The van der Waals surface area contributed by atoms with E-state index in [1.807, 2.05) is 0 Å². The van der Waals surface area contributed by atoms with Crippen LogP contribution in [0.4, 0.5) is 5.69 Å². The van der Waals surface area contributed by atoms with Crippen LogP contribution in [0, 0.1) is 5.92 Å². The molecule has 1 heterocycles. The van der Waals surface area contributed by atoms with E-state index < -0.39 is 0 Å². The summed E-state index contributed by atoms with van der Waals surface area (Å²) in [6, 6.07) is 0. The number of rotatable bonds is 9. The van der Waals surface area contributed by atoms with Crippen LogP contribution in [0.3, 0.4) is 0 Å². The summed E-state index contributed by atoms with van der Waals surface area (Å²) in [7, 11) is 0. The van der Waals surface area contributed by atoms with Gasteiger partial charge in [-0.1, -0.05) is 26.7 Å². The standard InChI is InChI=1S/C14H24BrN3O2/c1-11(2)10-18-14(20)13(15)12(9-17-18)16-7-5-3-4-6-8-19/h9,11,16,19H,3-8,10H2,1-2H3. The molecule has 6 heteroatoms. The van der Waals surface area contributed by atoms with Crippen LogP contribution in [-0.4, -0.2) is 28.0 Å². The van der Waals surface area contributed by atoms with Gasteiger partial charge in [0.2, 0.25) is 0 Å². The number of aliphatic hydroxyl groups is 1.